The van der Waals surface area contributed by atoms with Gasteiger partial charge in [-0.25, -0.2) is 4.98 Å². The van der Waals surface area contributed by atoms with E-state index < -0.39 is 11.5 Å². The first-order chi connectivity index (χ1) is 8.58. The number of aliphatic carboxylic acids is 1. The summed E-state index contributed by atoms with van der Waals surface area (Å²) in [5.41, 5.74) is -0.402. The number of methoxy groups -OCH3 is 1. The summed E-state index contributed by atoms with van der Waals surface area (Å²) >= 11 is 0. The molecule has 0 amide bonds. The molecule has 0 aromatic carbocycles. The van der Waals surface area contributed by atoms with Crippen LogP contribution in [0.5, 0.6) is 5.75 Å². The molecule has 0 aliphatic carbocycles. The number of nitrogens with one attached hydrogen (secondary N) is 2. The van der Waals surface area contributed by atoms with E-state index >= 15 is 0 Å². The van der Waals surface area contributed by atoms with Crippen LogP contribution in [0, 0.1) is 0 Å². The molecular weight excluding hydrogens is 238 g/mol. The standard InChI is InChI=1S/C11H17N3O4/c1-3-4-7(5-8(15)16)14-10-9(18-2)11(17)13-6-12-10/h6-7H,3-5H2,1-2H3,(H,15,16)(H2,12,13,14,17). The topological polar surface area (TPSA) is 104 Å². The highest BCUT2D eigenvalue weighted by atomic mass is 16.5. The number of anilines is 1. The minimum Gasteiger partial charge on any atom is -0.489 e. The van der Waals surface area contributed by atoms with Crippen molar-refractivity contribution in [1.29, 1.82) is 0 Å². The van der Waals surface area contributed by atoms with Gasteiger partial charge in [0.1, 0.15) is 0 Å². The molecule has 1 aromatic heterocycles. The van der Waals surface area contributed by atoms with Gasteiger partial charge in [0.05, 0.1) is 19.9 Å². The molecule has 0 aliphatic rings. The average molecular weight is 255 g/mol. The molecule has 1 aromatic rings. The van der Waals surface area contributed by atoms with Crippen LogP contribution >= 0.6 is 0 Å². The number of ether oxygens (including phenoxy) is 1. The van der Waals surface area contributed by atoms with Gasteiger partial charge >= 0.3 is 5.97 Å². The maximum absolute atomic E-state index is 11.5. The number of rotatable bonds is 7. The van der Waals surface area contributed by atoms with Crippen LogP contribution in [0.25, 0.3) is 0 Å². The summed E-state index contributed by atoms with van der Waals surface area (Å²) in [6, 6.07) is -0.282. The van der Waals surface area contributed by atoms with E-state index in [-0.39, 0.29) is 24.0 Å². The number of nitrogens with zero attached hydrogens (tertiary/aromatic N) is 1. The zero-order chi connectivity index (χ0) is 13.5. The number of carbonyl (C=O) groups is 1. The van der Waals surface area contributed by atoms with Gasteiger partial charge in [-0.2, -0.15) is 0 Å². The van der Waals surface area contributed by atoms with Gasteiger partial charge < -0.3 is 20.1 Å². The monoisotopic (exact) mass is 255 g/mol. The van der Waals surface area contributed by atoms with Gasteiger partial charge in [-0.1, -0.05) is 13.3 Å². The Balaban J connectivity index is 2.89. The number of aromatic amines is 1. The third-order valence-corrected chi connectivity index (χ3v) is 2.41. The maximum atomic E-state index is 11.5. The van der Waals surface area contributed by atoms with Crippen molar-refractivity contribution in [2.24, 2.45) is 0 Å². The normalized spacial score (nSPS) is 11.9. The molecule has 100 valence electrons. The van der Waals surface area contributed by atoms with Gasteiger partial charge in [0.2, 0.25) is 5.75 Å². The number of carboxylic acid groups (broad SMARTS) is 1. The first-order valence-electron chi connectivity index (χ1n) is 5.68. The van der Waals surface area contributed by atoms with Crippen LogP contribution in [0.1, 0.15) is 26.2 Å². The predicted molar refractivity (Wildman–Crippen MR) is 66.0 cm³/mol. The van der Waals surface area contributed by atoms with E-state index in [1.54, 1.807) is 0 Å². The van der Waals surface area contributed by atoms with E-state index in [2.05, 4.69) is 15.3 Å². The number of carboxylic acids is 1. The van der Waals surface area contributed by atoms with Crippen molar-refractivity contribution in [3.63, 3.8) is 0 Å². The van der Waals surface area contributed by atoms with Crippen LogP contribution in [0.15, 0.2) is 11.1 Å². The van der Waals surface area contributed by atoms with Gasteiger partial charge in [0.15, 0.2) is 5.82 Å². The summed E-state index contributed by atoms with van der Waals surface area (Å²) in [5, 5.41) is 11.7. The Morgan fingerprint density at radius 2 is 2.39 bits per heavy atom. The fourth-order valence-electron chi connectivity index (χ4n) is 1.66. The second kappa shape index (κ2) is 6.63. The lowest BCUT2D eigenvalue weighted by atomic mass is 10.1. The lowest BCUT2D eigenvalue weighted by Crippen LogP contribution is -2.25. The third kappa shape index (κ3) is 3.76. The summed E-state index contributed by atoms with van der Waals surface area (Å²) in [7, 11) is 1.36. The molecule has 18 heavy (non-hydrogen) atoms. The van der Waals surface area contributed by atoms with Crippen molar-refractivity contribution in [3.05, 3.63) is 16.7 Å². The number of H-pyrrole nitrogens is 1. The van der Waals surface area contributed by atoms with Crippen LogP contribution in [-0.4, -0.2) is 34.2 Å². The molecule has 0 spiro atoms. The second-order valence-corrected chi connectivity index (χ2v) is 3.84. The highest BCUT2D eigenvalue weighted by Crippen LogP contribution is 2.18. The Hall–Kier alpha value is -2.05. The van der Waals surface area contributed by atoms with Crippen molar-refractivity contribution < 1.29 is 14.6 Å². The summed E-state index contributed by atoms with van der Waals surface area (Å²) in [6.07, 6.45) is 2.71. The van der Waals surface area contributed by atoms with Gasteiger partial charge in [0, 0.05) is 6.04 Å². The fourth-order valence-corrected chi connectivity index (χ4v) is 1.66. The number of hydrogen-bond donors (Lipinski definition) is 3. The molecule has 7 nitrogen and oxygen atoms in total. The Labute approximate surface area is 104 Å². The smallest absolute Gasteiger partial charge is 0.305 e. The SMILES string of the molecule is CCCC(CC(=O)O)Nc1nc[nH]c(=O)c1OC. The minimum absolute atomic E-state index is 0.0362. The molecule has 1 rings (SSSR count). The van der Waals surface area contributed by atoms with Gasteiger partial charge in [-0.05, 0) is 6.42 Å². The second-order valence-electron chi connectivity index (χ2n) is 3.84. The number of hydrogen-bond acceptors (Lipinski definition) is 5. The molecule has 0 aliphatic heterocycles. The van der Waals surface area contributed by atoms with Crippen LogP contribution in [-0.2, 0) is 4.79 Å². The molecule has 0 fully saturated rings. The maximum Gasteiger partial charge on any atom is 0.305 e. The quantitative estimate of drug-likeness (QED) is 0.666. The van der Waals surface area contributed by atoms with Crippen LogP contribution in [0.2, 0.25) is 0 Å². The Kier molecular flexibility index (Phi) is 5.16. The summed E-state index contributed by atoms with van der Waals surface area (Å²) < 4.78 is 4.94. The van der Waals surface area contributed by atoms with E-state index in [4.69, 9.17) is 9.84 Å². The van der Waals surface area contributed by atoms with Gasteiger partial charge in [-0.3, -0.25) is 9.59 Å². The molecular formula is C11H17N3O4. The van der Waals surface area contributed by atoms with Gasteiger partial charge in [-0.15, -0.1) is 0 Å². The minimum atomic E-state index is -0.898. The lowest BCUT2D eigenvalue weighted by molar-refractivity contribution is -0.137. The molecule has 7 heteroatoms. The Morgan fingerprint density at radius 1 is 1.67 bits per heavy atom. The van der Waals surface area contributed by atoms with Crippen molar-refractivity contribution in [3.8, 4) is 5.75 Å². The fraction of sp³-hybridized carbons (Fsp3) is 0.545. The van der Waals surface area contributed by atoms with Crippen molar-refractivity contribution in [1.82, 2.24) is 9.97 Å². The van der Waals surface area contributed by atoms with E-state index in [1.807, 2.05) is 6.92 Å². The lowest BCUT2D eigenvalue weighted by Gasteiger charge is -2.17. The first kappa shape index (κ1) is 14.0. The molecule has 1 heterocycles. The average Bonchev–Trinajstić information content (AvgIpc) is 2.28. The van der Waals surface area contributed by atoms with Crippen molar-refractivity contribution in [2.75, 3.05) is 12.4 Å². The van der Waals surface area contributed by atoms with Crippen molar-refractivity contribution >= 4 is 11.8 Å². The molecule has 0 bridgehead atoms. The van der Waals surface area contributed by atoms with Crippen LogP contribution in [0.4, 0.5) is 5.82 Å². The van der Waals surface area contributed by atoms with E-state index in [1.165, 1.54) is 13.4 Å². The summed E-state index contributed by atoms with van der Waals surface area (Å²) in [4.78, 5) is 28.5. The van der Waals surface area contributed by atoms with Crippen LogP contribution in [0.3, 0.4) is 0 Å². The Morgan fingerprint density at radius 3 is 2.94 bits per heavy atom. The van der Waals surface area contributed by atoms with Crippen molar-refractivity contribution in [2.45, 2.75) is 32.2 Å². The first-order valence-corrected chi connectivity index (χ1v) is 5.68. The molecule has 0 saturated heterocycles. The molecule has 3 N–H and O–H groups in total. The highest BCUT2D eigenvalue weighted by Gasteiger charge is 2.16. The summed E-state index contributed by atoms with van der Waals surface area (Å²) in [5.74, 6) is -0.574. The highest BCUT2D eigenvalue weighted by molar-refractivity contribution is 5.68. The van der Waals surface area contributed by atoms with Gasteiger partial charge in [0.25, 0.3) is 5.56 Å². The van der Waals surface area contributed by atoms with E-state index in [0.29, 0.717) is 6.42 Å². The zero-order valence-corrected chi connectivity index (χ0v) is 10.4. The van der Waals surface area contributed by atoms with Crippen LogP contribution < -0.4 is 15.6 Å². The third-order valence-electron chi connectivity index (χ3n) is 2.41. The van der Waals surface area contributed by atoms with E-state index in [0.717, 1.165) is 6.42 Å². The molecule has 0 radical (unpaired) electrons. The molecule has 0 saturated carbocycles. The predicted octanol–water partition coefficient (Wildman–Crippen LogP) is 0.834. The zero-order valence-electron chi connectivity index (χ0n) is 10.4. The summed E-state index contributed by atoms with van der Waals surface area (Å²) in [6.45, 7) is 1.96. The molecule has 1 atom stereocenters. The van der Waals surface area contributed by atoms with E-state index in [9.17, 15) is 9.59 Å². The largest absolute Gasteiger partial charge is 0.489 e. The number of aromatic nitrogens is 2. The Bertz CT molecular complexity index is 458. The molecule has 1 unspecified atom stereocenters.